The smallest absolute Gasteiger partial charge is 0.225 e. The second-order valence-electron chi connectivity index (χ2n) is 6.75. The number of benzene rings is 1. The Hall–Kier alpha value is -2.10. The average molecular weight is 308 g/mol. The van der Waals surface area contributed by atoms with Gasteiger partial charge in [0.15, 0.2) is 0 Å². The maximum Gasteiger partial charge on any atom is 0.225 e. The lowest BCUT2D eigenvalue weighted by molar-refractivity contribution is 0.402. The third-order valence-corrected chi connectivity index (χ3v) is 5.14. The zero-order valence-electron chi connectivity index (χ0n) is 13.8. The number of para-hydroxylation sites is 1. The Balaban J connectivity index is 1.36. The summed E-state index contributed by atoms with van der Waals surface area (Å²) in [6.07, 6.45) is 5.53. The van der Waals surface area contributed by atoms with Gasteiger partial charge in [0.05, 0.1) is 0 Å². The number of rotatable bonds is 3. The van der Waals surface area contributed by atoms with Crippen LogP contribution in [-0.4, -0.2) is 36.1 Å². The van der Waals surface area contributed by atoms with Crippen molar-refractivity contribution in [2.75, 3.05) is 36.0 Å². The highest BCUT2D eigenvalue weighted by Crippen LogP contribution is 2.30. The lowest BCUT2D eigenvalue weighted by Crippen LogP contribution is -2.39. The van der Waals surface area contributed by atoms with Crippen molar-refractivity contribution >= 4 is 11.6 Å². The molecule has 0 unspecified atom stereocenters. The summed E-state index contributed by atoms with van der Waals surface area (Å²) >= 11 is 0. The van der Waals surface area contributed by atoms with Crippen molar-refractivity contribution in [2.45, 2.75) is 26.2 Å². The molecule has 2 aromatic rings. The zero-order chi connectivity index (χ0) is 15.6. The number of anilines is 2. The first kappa shape index (κ1) is 14.5. The van der Waals surface area contributed by atoms with Crippen LogP contribution in [0.4, 0.5) is 11.6 Å². The molecule has 0 radical (unpaired) electrons. The maximum atomic E-state index is 4.56. The lowest BCUT2D eigenvalue weighted by atomic mass is 9.96. The summed E-state index contributed by atoms with van der Waals surface area (Å²) in [6, 6.07) is 10.8. The van der Waals surface area contributed by atoms with Crippen LogP contribution in [0.15, 0.2) is 36.5 Å². The van der Waals surface area contributed by atoms with Crippen molar-refractivity contribution in [1.82, 2.24) is 9.97 Å². The first-order chi connectivity index (χ1) is 11.3. The molecular formula is C19H24N4. The molecule has 4 rings (SSSR count). The fraction of sp³-hybridized carbons (Fsp3) is 0.474. The van der Waals surface area contributed by atoms with Gasteiger partial charge in [0.1, 0.15) is 0 Å². The first-order valence-corrected chi connectivity index (χ1v) is 8.67. The van der Waals surface area contributed by atoms with E-state index in [4.69, 9.17) is 0 Å². The number of nitrogens with zero attached hydrogens (tertiary/aromatic N) is 4. The standard InChI is InChI=1S/C19H24N4/c1-15-6-10-20-19(21-15)22-11-7-16(8-12-22)14-23-13-9-17-4-2-3-5-18(17)23/h2-6,10,16H,7-9,11-14H2,1H3. The van der Waals surface area contributed by atoms with Gasteiger partial charge in [0.25, 0.3) is 0 Å². The maximum absolute atomic E-state index is 4.56. The Labute approximate surface area is 138 Å². The quantitative estimate of drug-likeness (QED) is 0.872. The van der Waals surface area contributed by atoms with E-state index in [1.54, 1.807) is 0 Å². The van der Waals surface area contributed by atoms with Gasteiger partial charge < -0.3 is 9.80 Å². The van der Waals surface area contributed by atoms with Crippen LogP contribution in [0, 0.1) is 12.8 Å². The molecule has 1 saturated heterocycles. The van der Waals surface area contributed by atoms with Crippen molar-refractivity contribution in [2.24, 2.45) is 5.92 Å². The van der Waals surface area contributed by atoms with E-state index < -0.39 is 0 Å². The molecule has 1 fully saturated rings. The molecule has 0 bridgehead atoms. The summed E-state index contributed by atoms with van der Waals surface area (Å²) in [5.41, 5.74) is 4.01. The summed E-state index contributed by atoms with van der Waals surface area (Å²) in [4.78, 5) is 13.9. The van der Waals surface area contributed by atoms with Crippen LogP contribution in [0.2, 0.25) is 0 Å². The molecule has 1 aromatic heterocycles. The molecule has 0 saturated carbocycles. The Morgan fingerprint density at radius 3 is 2.74 bits per heavy atom. The summed E-state index contributed by atoms with van der Waals surface area (Å²) < 4.78 is 0. The van der Waals surface area contributed by atoms with Crippen LogP contribution in [0.5, 0.6) is 0 Å². The van der Waals surface area contributed by atoms with E-state index in [1.807, 2.05) is 19.2 Å². The van der Waals surface area contributed by atoms with Gasteiger partial charge in [-0.05, 0) is 49.8 Å². The molecule has 0 atom stereocenters. The highest BCUT2D eigenvalue weighted by Gasteiger charge is 2.25. The predicted molar refractivity (Wildman–Crippen MR) is 94.1 cm³/mol. The molecule has 0 aliphatic carbocycles. The Morgan fingerprint density at radius 2 is 1.91 bits per heavy atom. The number of hydrogen-bond acceptors (Lipinski definition) is 4. The minimum absolute atomic E-state index is 0.780. The Bertz CT molecular complexity index is 677. The summed E-state index contributed by atoms with van der Waals surface area (Å²) in [6.45, 7) is 6.55. The lowest BCUT2D eigenvalue weighted by Gasteiger charge is -2.34. The molecule has 4 heteroatoms. The number of aromatic nitrogens is 2. The van der Waals surface area contributed by atoms with E-state index in [9.17, 15) is 0 Å². The molecule has 4 nitrogen and oxygen atoms in total. The van der Waals surface area contributed by atoms with Gasteiger partial charge in [-0.15, -0.1) is 0 Å². The summed E-state index contributed by atoms with van der Waals surface area (Å²) in [5.74, 6) is 1.68. The Morgan fingerprint density at radius 1 is 1.09 bits per heavy atom. The SMILES string of the molecule is Cc1ccnc(N2CCC(CN3CCc4ccccc43)CC2)n1. The van der Waals surface area contributed by atoms with Gasteiger partial charge in [-0.2, -0.15) is 0 Å². The normalized spacial score (nSPS) is 18.3. The average Bonchev–Trinajstić information content (AvgIpc) is 2.99. The minimum Gasteiger partial charge on any atom is -0.371 e. The van der Waals surface area contributed by atoms with E-state index in [0.717, 1.165) is 30.6 Å². The molecule has 0 N–H and O–H groups in total. The molecule has 3 heterocycles. The largest absolute Gasteiger partial charge is 0.371 e. The number of fused-ring (bicyclic) bond motifs is 1. The van der Waals surface area contributed by atoms with Gasteiger partial charge in [-0.3, -0.25) is 0 Å². The molecule has 120 valence electrons. The van der Waals surface area contributed by atoms with Crippen molar-refractivity contribution < 1.29 is 0 Å². The number of piperidine rings is 1. The molecule has 0 amide bonds. The fourth-order valence-electron chi connectivity index (χ4n) is 3.81. The van der Waals surface area contributed by atoms with E-state index in [2.05, 4.69) is 44.0 Å². The Kier molecular flexibility index (Phi) is 3.90. The second-order valence-corrected chi connectivity index (χ2v) is 6.75. The van der Waals surface area contributed by atoms with Gasteiger partial charge in [-0.25, -0.2) is 9.97 Å². The molecule has 0 spiro atoms. The van der Waals surface area contributed by atoms with Crippen LogP contribution < -0.4 is 9.80 Å². The van der Waals surface area contributed by atoms with E-state index >= 15 is 0 Å². The van der Waals surface area contributed by atoms with Crippen LogP contribution in [0.3, 0.4) is 0 Å². The number of aryl methyl sites for hydroxylation is 1. The third kappa shape index (κ3) is 3.03. The highest BCUT2D eigenvalue weighted by molar-refractivity contribution is 5.57. The third-order valence-electron chi connectivity index (χ3n) is 5.14. The highest BCUT2D eigenvalue weighted by atomic mass is 15.3. The van der Waals surface area contributed by atoms with Crippen LogP contribution in [0.1, 0.15) is 24.1 Å². The topological polar surface area (TPSA) is 32.3 Å². The van der Waals surface area contributed by atoms with E-state index in [1.165, 1.54) is 43.6 Å². The molecule has 2 aliphatic heterocycles. The van der Waals surface area contributed by atoms with Gasteiger partial charge in [0, 0.05) is 43.8 Å². The van der Waals surface area contributed by atoms with Crippen LogP contribution in [0.25, 0.3) is 0 Å². The monoisotopic (exact) mass is 308 g/mol. The zero-order valence-corrected chi connectivity index (χ0v) is 13.8. The van der Waals surface area contributed by atoms with Gasteiger partial charge in [0.2, 0.25) is 5.95 Å². The molecular weight excluding hydrogens is 284 g/mol. The minimum atomic E-state index is 0.780. The van der Waals surface area contributed by atoms with Crippen molar-refractivity contribution in [3.05, 3.63) is 47.8 Å². The number of hydrogen-bond donors (Lipinski definition) is 0. The van der Waals surface area contributed by atoms with Crippen molar-refractivity contribution in [1.29, 1.82) is 0 Å². The second kappa shape index (κ2) is 6.19. The first-order valence-electron chi connectivity index (χ1n) is 8.67. The summed E-state index contributed by atoms with van der Waals surface area (Å²) in [7, 11) is 0. The van der Waals surface area contributed by atoms with Crippen LogP contribution in [-0.2, 0) is 6.42 Å². The van der Waals surface area contributed by atoms with E-state index in [0.29, 0.717) is 0 Å². The van der Waals surface area contributed by atoms with Crippen molar-refractivity contribution in [3.63, 3.8) is 0 Å². The molecule has 1 aromatic carbocycles. The summed E-state index contributed by atoms with van der Waals surface area (Å²) in [5, 5.41) is 0. The van der Waals surface area contributed by atoms with E-state index in [-0.39, 0.29) is 0 Å². The van der Waals surface area contributed by atoms with Gasteiger partial charge >= 0.3 is 0 Å². The van der Waals surface area contributed by atoms with Gasteiger partial charge in [-0.1, -0.05) is 18.2 Å². The molecule has 2 aliphatic rings. The predicted octanol–water partition coefficient (Wildman–Crippen LogP) is 3.06. The van der Waals surface area contributed by atoms with Crippen LogP contribution >= 0.6 is 0 Å². The molecule has 23 heavy (non-hydrogen) atoms. The van der Waals surface area contributed by atoms with Crippen molar-refractivity contribution in [3.8, 4) is 0 Å². The fourth-order valence-corrected chi connectivity index (χ4v) is 3.81.